The molecule has 1 aliphatic heterocycles. The summed E-state index contributed by atoms with van der Waals surface area (Å²) < 4.78 is 25.3. The van der Waals surface area contributed by atoms with Crippen LogP contribution in [0, 0.1) is 5.82 Å². The van der Waals surface area contributed by atoms with Crippen molar-refractivity contribution in [1.29, 1.82) is 0 Å². The second-order valence-electron chi connectivity index (χ2n) is 5.26. The van der Waals surface area contributed by atoms with Gasteiger partial charge < -0.3 is 14.8 Å². The molecule has 0 fully saturated rings. The van der Waals surface area contributed by atoms with Crippen LogP contribution in [0.2, 0.25) is 0 Å². The maximum absolute atomic E-state index is 13.6. The quantitative estimate of drug-likeness (QED) is 0.554. The summed E-state index contributed by atoms with van der Waals surface area (Å²) in [7, 11) is 0. The number of nitrogens with one attached hydrogen (secondary N) is 1. The van der Waals surface area contributed by atoms with E-state index in [1.807, 2.05) is 48.5 Å². The molecule has 0 saturated carbocycles. The molecular weight excluding hydrogens is 293 g/mol. The van der Waals surface area contributed by atoms with E-state index in [-0.39, 0.29) is 5.82 Å². The highest BCUT2D eigenvalue weighted by atomic mass is 19.1. The van der Waals surface area contributed by atoms with Crippen LogP contribution in [0.4, 0.5) is 10.1 Å². The van der Waals surface area contributed by atoms with Gasteiger partial charge in [0.1, 0.15) is 5.82 Å². The third kappa shape index (κ3) is 2.71. The molecule has 3 aromatic carbocycles. The first-order valence-electron chi connectivity index (χ1n) is 7.36. The third-order valence-corrected chi connectivity index (χ3v) is 3.67. The Hall–Kier alpha value is -3.01. The van der Waals surface area contributed by atoms with Gasteiger partial charge in [0.15, 0.2) is 23.0 Å². The molecule has 4 heteroatoms. The molecule has 4 rings (SSSR count). The average Bonchev–Trinajstić information content (AvgIpc) is 2.59. The lowest BCUT2D eigenvalue weighted by molar-refractivity contribution is 0.360. The van der Waals surface area contributed by atoms with Gasteiger partial charge in [0.25, 0.3) is 0 Å². The smallest absolute Gasteiger partial charge is 0.172 e. The van der Waals surface area contributed by atoms with Crippen LogP contribution in [0.1, 0.15) is 5.56 Å². The predicted molar refractivity (Wildman–Crippen MR) is 86.8 cm³/mol. The Morgan fingerprint density at radius 2 is 1.39 bits per heavy atom. The van der Waals surface area contributed by atoms with Crippen molar-refractivity contribution in [1.82, 2.24) is 0 Å². The number of anilines is 1. The third-order valence-electron chi connectivity index (χ3n) is 3.67. The Bertz CT molecular complexity index is 863. The molecule has 0 saturated heterocycles. The van der Waals surface area contributed by atoms with Gasteiger partial charge in [-0.05, 0) is 30.3 Å². The highest BCUT2D eigenvalue weighted by Gasteiger charge is 2.18. The Kier molecular flexibility index (Phi) is 3.35. The van der Waals surface area contributed by atoms with Gasteiger partial charge in [0.05, 0.1) is 0 Å². The zero-order valence-electron chi connectivity index (χ0n) is 12.3. The normalized spacial score (nSPS) is 11.7. The van der Waals surface area contributed by atoms with Gasteiger partial charge in [-0.3, -0.25) is 0 Å². The van der Waals surface area contributed by atoms with E-state index in [1.54, 1.807) is 12.1 Å². The summed E-state index contributed by atoms with van der Waals surface area (Å²) >= 11 is 0. The fraction of sp³-hybridized carbons (Fsp3) is 0.0526. The molecule has 0 unspecified atom stereocenters. The molecule has 1 aliphatic rings. The van der Waals surface area contributed by atoms with Crippen molar-refractivity contribution in [3.63, 3.8) is 0 Å². The molecule has 1 N–H and O–H groups in total. The Balaban J connectivity index is 1.53. The summed E-state index contributed by atoms with van der Waals surface area (Å²) in [6, 6.07) is 19.8. The maximum atomic E-state index is 13.6. The largest absolute Gasteiger partial charge is 0.450 e. The monoisotopic (exact) mass is 307 g/mol. The molecule has 0 spiro atoms. The lowest BCUT2D eigenvalue weighted by Gasteiger charge is -2.21. The lowest BCUT2D eigenvalue weighted by atomic mass is 10.2. The number of fused-ring (bicyclic) bond motifs is 2. The van der Waals surface area contributed by atoms with Gasteiger partial charge in [-0.15, -0.1) is 0 Å². The van der Waals surface area contributed by atoms with Gasteiger partial charge >= 0.3 is 0 Å². The van der Waals surface area contributed by atoms with Gasteiger partial charge in [-0.1, -0.05) is 30.3 Å². The molecule has 0 amide bonds. The summed E-state index contributed by atoms with van der Waals surface area (Å²) in [4.78, 5) is 0. The van der Waals surface area contributed by atoms with Crippen LogP contribution in [0.3, 0.4) is 0 Å². The predicted octanol–water partition coefficient (Wildman–Crippen LogP) is 5.34. The van der Waals surface area contributed by atoms with Gasteiger partial charge in [0, 0.05) is 23.9 Å². The zero-order chi connectivity index (χ0) is 15.6. The van der Waals surface area contributed by atoms with Gasteiger partial charge in [-0.2, -0.15) is 0 Å². The second kappa shape index (κ2) is 5.65. The molecule has 114 valence electrons. The van der Waals surface area contributed by atoms with E-state index < -0.39 is 0 Å². The van der Waals surface area contributed by atoms with E-state index in [2.05, 4.69) is 5.32 Å². The molecule has 23 heavy (non-hydrogen) atoms. The fourth-order valence-corrected chi connectivity index (χ4v) is 2.48. The molecule has 0 aliphatic carbocycles. The Labute approximate surface area is 133 Å². The second-order valence-corrected chi connectivity index (χ2v) is 5.26. The maximum Gasteiger partial charge on any atom is 0.172 e. The van der Waals surface area contributed by atoms with Gasteiger partial charge in [-0.25, -0.2) is 4.39 Å². The van der Waals surface area contributed by atoms with Gasteiger partial charge in [0.2, 0.25) is 0 Å². The molecule has 3 nitrogen and oxygen atoms in total. The molecule has 0 radical (unpaired) electrons. The zero-order valence-corrected chi connectivity index (χ0v) is 12.3. The molecule has 0 aromatic heterocycles. The van der Waals surface area contributed by atoms with Crippen molar-refractivity contribution < 1.29 is 13.9 Å². The van der Waals surface area contributed by atoms with Crippen molar-refractivity contribution in [3.8, 4) is 23.0 Å². The average molecular weight is 307 g/mol. The number of para-hydroxylation sites is 2. The molecule has 1 heterocycles. The SMILES string of the molecule is Fc1ccccc1CNc1ccc2c(c1)Oc1ccccc1O2. The van der Waals surface area contributed by atoms with Crippen LogP contribution in [0.5, 0.6) is 23.0 Å². The van der Waals surface area contributed by atoms with Crippen LogP contribution in [0.25, 0.3) is 0 Å². The summed E-state index contributed by atoms with van der Waals surface area (Å²) in [5, 5.41) is 3.20. The first kappa shape index (κ1) is 13.6. The number of rotatable bonds is 3. The van der Waals surface area contributed by atoms with Crippen LogP contribution in [0.15, 0.2) is 66.7 Å². The first-order valence-corrected chi connectivity index (χ1v) is 7.36. The summed E-state index contributed by atoms with van der Waals surface area (Å²) in [6.07, 6.45) is 0. The minimum atomic E-state index is -0.216. The van der Waals surface area contributed by atoms with E-state index in [1.165, 1.54) is 6.07 Å². The number of benzene rings is 3. The molecule has 0 atom stereocenters. The van der Waals surface area contributed by atoms with E-state index in [9.17, 15) is 4.39 Å². The summed E-state index contributed by atoms with van der Waals surface area (Å²) in [6.45, 7) is 0.406. The summed E-state index contributed by atoms with van der Waals surface area (Å²) in [5.41, 5.74) is 1.46. The van der Waals surface area contributed by atoms with Crippen LogP contribution in [-0.2, 0) is 6.54 Å². The Morgan fingerprint density at radius 3 is 2.17 bits per heavy atom. The summed E-state index contributed by atoms with van der Waals surface area (Å²) in [5.74, 6) is 2.48. The van der Waals surface area contributed by atoms with E-state index in [4.69, 9.17) is 9.47 Å². The number of halogens is 1. The number of hydrogen-bond acceptors (Lipinski definition) is 3. The molecular formula is C19H14FNO2. The topological polar surface area (TPSA) is 30.5 Å². The van der Waals surface area contributed by atoms with Crippen molar-refractivity contribution in [2.45, 2.75) is 6.54 Å². The lowest BCUT2D eigenvalue weighted by Crippen LogP contribution is -2.03. The minimum Gasteiger partial charge on any atom is -0.450 e. The van der Waals surface area contributed by atoms with Crippen molar-refractivity contribution in [3.05, 3.63) is 78.1 Å². The van der Waals surface area contributed by atoms with E-state index in [0.29, 0.717) is 35.1 Å². The Morgan fingerprint density at radius 1 is 0.739 bits per heavy atom. The van der Waals surface area contributed by atoms with E-state index in [0.717, 1.165) is 5.69 Å². The molecule has 0 bridgehead atoms. The number of ether oxygens (including phenoxy) is 2. The minimum absolute atomic E-state index is 0.216. The number of hydrogen-bond donors (Lipinski definition) is 1. The van der Waals surface area contributed by atoms with Crippen molar-refractivity contribution in [2.75, 3.05) is 5.32 Å². The fourth-order valence-electron chi connectivity index (χ4n) is 2.48. The van der Waals surface area contributed by atoms with Crippen molar-refractivity contribution >= 4 is 5.69 Å². The van der Waals surface area contributed by atoms with Crippen LogP contribution < -0.4 is 14.8 Å². The standard InChI is InChI=1S/C19H14FNO2/c20-15-6-2-1-5-13(15)12-21-14-9-10-18-19(11-14)23-17-8-4-3-7-16(17)22-18/h1-11,21H,12H2. The molecule has 3 aromatic rings. The van der Waals surface area contributed by atoms with Crippen molar-refractivity contribution in [2.24, 2.45) is 0 Å². The van der Waals surface area contributed by atoms with E-state index >= 15 is 0 Å². The first-order chi connectivity index (χ1) is 11.3. The highest BCUT2D eigenvalue weighted by molar-refractivity contribution is 5.60. The highest BCUT2D eigenvalue weighted by Crippen LogP contribution is 2.45. The van der Waals surface area contributed by atoms with Crippen LogP contribution in [-0.4, -0.2) is 0 Å². The van der Waals surface area contributed by atoms with Crippen LogP contribution >= 0.6 is 0 Å².